The molecule has 5 aliphatic heterocycles. The number of aliphatic imine (C=N–C) groups is 2. The Kier molecular flexibility index (Phi) is 6.36. The van der Waals surface area contributed by atoms with E-state index in [1.807, 2.05) is 25.2 Å². The van der Waals surface area contributed by atoms with Crippen molar-refractivity contribution in [3.63, 3.8) is 0 Å². The molecule has 0 amide bonds. The summed E-state index contributed by atoms with van der Waals surface area (Å²) in [5.41, 5.74) is 14.0. The molecule has 7 heteroatoms. The zero-order chi connectivity index (χ0) is 28.0. The van der Waals surface area contributed by atoms with Crippen molar-refractivity contribution in [2.24, 2.45) is 9.98 Å². The van der Waals surface area contributed by atoms with Crippen LogP contribution in [-0.4, -0.2) is 43.4 Å². The van der Waals surface area contributed by atoms with E-state index >= 15 is 5.73 Å². The van der Waals surface area contributed by atoms with Crippen molar-refractivity contribution in [3.8, 4) is 0 Å². The van der Waals surface area contributed by atoms with E-state index in [2.05, 4.69) is 48.5 Å². The number of allylic oxidation sites excluding steroid dienone is 6. The van der Waals surface area contributed by atoms with Gasteiger partial charge < -0.3 is 0 Å². The van der Waals surface area contributed by atoms with Crippen molar-refractivity contribution < 1.29 is 5.73 Å². The fraction of sp³-hybridized carbons (Fsp3) is 0.438. The van der Waals surface area contributed by atoms with E-state index in [9.17, 15) is 0 Å². The molecule has 1 aromatic rings. The van der Waals surface area contributed by atoms with Crippen molar-refractivity contribution >= 4 is 43.6 Å². The molecule has 0 aromatic carbocycles. The standard InChI is InChI=1S/C32H38N4.2FH.Sn/c1-9-21-17(5)25-14-30-23(11-3)19(7)27(35-30)16-32-24(12-4)20(8)28(36-32)15-31-22(10-2)18(6)26(34-31)13-29(21)33-25;;;/h13-15,27H,9-12,16H2,1-8H3;2*1H;/q-2;;;+4/p-2. The number of hydrogen-bond donors (Lipinski definition) is 0. The summed E-state index contributed by atoms with van der Waals surface area (Å²) in [6, 6.07) is -0.407. The second-order valence-corrected chi connectivity index (χ2v) is 16.8. The van der Waals surface area contributed by atoms with Crippen molar-refractivity contribution in [2.75, 3.05) is 0 Å². The third-order valence-electron chi connectivity index (χ3n) is 9.49. The van der Waals surface area contributed by atoms with Gasteiger partial charge in [-0.2, -0.15) is 0 Å². The number of hydrogen-bond acceptors (Lipinski definition) is 3. The second kappa shape index (κ2) is 9.28. The van der Waals surface area contributed by atoms with Gasteiger partial charge >= 0.3 is 238 Å². The van der Waals surface area contributed by atoms with Crippen LogP contribution in [0.1, 0.15) is 96.7 Å². The molecule has 39 heavy (non-hydrogen) atoms. The third kappa shape index (κ3) is 3.58. The number of rotatable bonds is 4. The minimum absolute atomic E-state index is 0.407. The molecule has 0 saturated heterocycles. The molecule has 5 aliphatic rings. The summed E-state index contributed by atoms with van der Waals surface area (Å²) >= 11 is -6.33. The van der Waals surface area contributed by atoms with Gasteiger partial charge in [0.2, 0.25) is 0 Å². The first-order valence-electron chi connectivity index (χ1n) is 14.4. The summed E-state index contributed by atoms with van der Waals surface area (Å²) in [7, 11) is 0. The first kappa shape index (κ1) is 26.7. The normalized spacial score (nSPS) is 23.3. The fourth-order valence-electron chi connectivity index (χ4n) is 7.40. The topological polar surface area (TPSA) is 32.9 Å². The number of aromatic nitrogens is 1. The van der Waals surface area contributed by atoms with Crippen LogP contribution in [0.25, 0.3) is 12.2 Å². The molecule has 0 N–H and O–H groups in total. The molecule has 0 spiro atoms. The van der Waals surface area contributed by atoms with Gasteiger partial charge in [0.05, 0.1) is 0 Å². The Labute approximate surface area is 237 Å². The second-order valence-electron chi connectivity index (χ2n) is 11.2. The van der Waals surface area contributed by atoms with Crippen molar-refractivity contribution in [3.05, 3.63) is 79.1 Å². The van der Waals surface area contributed by atoms with E-state index in [0.29, 0.717) is 36.3 Å². The van der Waals surface area contributed by atoms with E-state index in [4.69, 9.17) is 9.98 Å². The van der Waals surface area contributed by atoms with Gasteiger partial charge in [0.25, 0.3) is 0 Å². The van der Waals surface area contributed by atoms with Crippen LogP contribution >= 0.6 is 0 Å². The van der Waals surface area contributed by atoms with Crippen LogP contribution in [0.2, 0.25) is 0 Å². The van der Waals surface area contributed by atoms with E-state index in [-0.39, 0.29) is 0 Å². The molecule has 0 aliphatic carbocycles. The molecule has 6 rings (SSSR count). The Hall–Kier alpha value is -2.48. The summed E-state index contributed by atoms with van der Waals surface area (Å²) in [6.07, 6.45) is 9.46. The number of fused-ring (bicyclic) bond motifs is 2. The minimum atomic E-state index is -6.33. The fourth-order valence-corrected chi connectivity index (χ4v) is 14.2. The Morgan fingerprint density at radius 3 is 2.10 bits per heavy atom. The molecule has 1 atom stereocenters. The molecule has 0 radical (unpaired) electrons. The first-order chi connectivity index (χ1) is 18.6. The van der Waals surface area contributed by atoms with Crippen LogP contribution in [0.4, 0.5) is 5.73 Å². The van der Waals surface area contributed by atoms with Crippen LogP contribution in [-0.2, 0) is 6.42 Å². The van der Waals surface area contributed by atoms with Gasteiger partial charge in [0, 0.05) is 0 Å². The van der Waals surface area contributed by atoms with E-state index < -0.39 is 26.1 Å². The molecule has 6 heterocycles. The molecule has 0 fully saturated rings. The maximum atomic E-state index is 17.7. The monoisotopic (exact) mass is 636 g/mol. The molecular formula is C32H38F2N4Sn. The predicted octanol–water partition coefficient (Wildman–Crippen LogP) is 8.34. The van der Waals surface area contributed by atoms with Gasteiger partial charge in [-0.15, -0.1) is 0 Å². The van der Waals surface area contributed by atoms with E-state index in [0.717, 1.165) is 74.7 Å². The average Bonchev–Trinajstić information content (AvgIpc) is 3.54. The maximum absolute atomic E-state index is 17.7. The van der Waals surface area contributed by atoms with Gasteiger partial charge in [-0.25, -0.2) is 0 Å². The average molecular weight is 635 g/mol. The summed E-state index contributed by atoms with van der Waals surface area (Å²) < 4.78 is 38.6. The van der Waals surface area contributed by atoms with Crippen LogP contribution in [0.3, 0.4) is 0 Å². The number of nitrogens with zero attached hydrogens (tertiary/aromatic N) is 4. The molecule has 204 valence electrons. The molecule has 1 aromatic heterocycles. The van der Waals surface area contributed by atoms with Gasteiger partial charge in [0.1, 0.15) is 0 Å². The first-order valence-corrected chi connectivity index (χ1v) is 19.1. The Bertz CT molecular complexity index is 1590. The van der Waals surface area contributed by atoms with Gasteiger partial charge in [-0.1, -0.05) is 0 Å². The molecule has 4 nitrogen and oxygen atoms in total. The Morgan fingerprint density at radius 1 is 0.795 bits per heavy atom. The molecule has 1 unspecified atom stereocenters. The number of halogens is 2. The van der Waals surface area contributed by atoms with Gasteiger partial charge in [-0.3, -0.25) is 0 Å². The molecule has 0 saturated carbocycles. The SMILES string of the molecule is CCC1=C(C)C2=NC1=Cc1c(C)c(CC)c3[n]1[Sn]([F])([F])[N]1C(=C2)C(CC)=C(C)C1CC1=NC(=C3)C(C)=C1CC. The zero-order valence-electron chi connectivity index (χ0n) is 24.4. The van der Waals surface area contributed by atoms with Crippen molar-refractivity contribution in [2.45, 2.75) is 93.5 Å². The quantitative estimate of drug-likeness (QED) is 0.307. The third-order valence-corrected chi connectivity index (χ3v) is 15.6. The van der Waals surface area contributed by atoms with Crippen molar-refractivity contribution in [1.29, 1.82) is 0 Å². The molecule has 6 bridgehead atoms. The van der Waals surface area contributed by atoms with E-state index in [1.165, 1.54) is 8.36 Å². The van der Waals surface area contributed by atoms with Crippen LogP contribution in [0.5, 0.6) is 0 Å². The summed E-state index contributed by atoms with van der Waals surface area (Å²) in [6.45, 7) is 16.7. The van der Waals surface area contributed by atoms with Gasteiger partial charge in [-0.05, 0) is 0 Å². The summed E-state index contributed by atoms with van der Waals surface area (Å²) in [5.74, 6) is 0. The van der Waals surface area contributed by atoms with Crippen LogP contribution < -0.4 is 0 Å². The summed E-state index contributed by atoms with van der Waals surface area (Å²) in [4.78, 5) is 10.2. The molecular weight excluding hydrogens is 597 g/mol. The van der Waals surface area contributed by atoms with E-state index in [1.54, 1.807) is 3.12 Å². The summed E-state index contributed by atoms with van der Waals surface area (Å²) in [5, 5.41) is 0. The van der Waals surface area contributed by atoms with Crippen LogP contribution in [0.15, 0.2) is 66.6 Å². The Morgan fingerprint density at radius 2 is 1.46 bits per heavy atom. The Balaban J connectivity index is 1.81. The van der Waals surface area contributed by atoms with Crippen LogP contribution in [0, 0.1) is 6.92 Å². The predicted molar refractivity (Wildman–Crippen MR) is 160 cm³/mol. The van der Waals surface area contributed by atoms with Crippen molar-refractivity contribution in [1.82, 2.24) is 5.91 Å². The van der Waals surface area contributed by atoms with Gasteiger partial charge in [0.15, 0.2) is 0 Å². The zero-order valence-corrected chi connectivity index (χ0v) is 27.2.